The number of phenols is 3. The standard InChI is InChI=1S/C14H14O3/c1-8-6-7-10(14(17)9(8)2)13-11(15)4-3-5-12(13)16/h3-7,15-17H,1-2H3. The molecule has 0 bridgehead atoms. The predicted octanol–water partition coefficient (Wildman–Crippen LogP) is 3.09. The third-order valence-corrected chi connectivity index (χ3v) is 2.99. The lowest BCUT2D eigenvalue weighted by Gasteiger charge is -2.12. The van der Waals surface area contributed by atoms with Crippen molar-refractivity contribution in [2.45, 2.75) is 13.8 Å². The molecule has 3 N–H and O–H groups in total. The lowest BCUT2D eigenvalue weighted by atomic mass is 9.97. The first-order valence-corrected chi connectivity index (χ1v) is 5.33. The number of benzene rings is 2. The summed E-state index contributed by atoms with van der Waals surface area (Å²) in [5.41, 5.74) is 2.39. The Morgan fingerprint density at radius 1 is 0.824 bits per heavy atom. The van der Waals surface area contributed by atoms with Gasteiger partial charge in [-0.3, -0.25) is 0 Å². The zero-order valence-electron chi connectivity index (χ0n) is 9.73. The van der Waals surface area contributed by atoms with Crippen LogP contribution in [0.25, 0.3) is 11.1 Å². The van der Waals surface area contributed by atoms with Crippen molar-refractivity contribution >= 4 is 0 Å². The fourth-order valence-corrected chi connectivity index (χ4v) is 1.81. The van der Waals surface area contributed by atoms with Crippen LogP contribution in [0.5, 0.6) is 17.2 Å². The van der Waals surface area contributed by atoms with E-state index in [2.05, 4.69) is 0 Å². The second-order valence-corrected chi connectivity index (χ2v) is 4.07. The van der Waals surface area contributed by atoms with E-state index in [-0.39, 0.29) is 22.8 Å². The summed E-state index contributed by atoms with van der Waals surface area (Å²) in [7, 11) is 0. The molecule has 0 saturated carbocycles. The Morgan fingerprint density at radius 3 is 2.00 bits per heavy atom. The molecule has 0 amide bonds. The molecule has 88 valence electrons. The van der Waals surface area contributed by atoms with Gasteiger partial charge in [0.1, 0.15) is 17.2 Å². The van der Waals surface area contributed by atoms with E-state index >= 15 is 0 Å². The first kappa shape index (κ1) is 11.3. The Hall–Kier alpha value is -2.16. The molecule has 0 fully saturated rings. The SMILES string of the molecule is Cc1ccc(-c2c(O)cccc2O)c(O)c1C. The van der Waals surface area contributed by atoms with Crippen molar-refractivity contribution in [3.05, 3.63) is 41.5 Å². The van der Waals surface area contributed by atoms with Gasteiger partial charge in [-0.05, 0) is 37.1 Å². The molecular weight excluding hydrogens is 216 g/mol. The Balaban J connectivity index is 2.74. The third kappa shape index (κ3) is 1.80. The number of phenolic OH excluding ortho intramolecular Hbond substituents is 3. The lowest BCUT2D eigenvalue weighted by Crippen LogP contribution is -1.87. The molecule has 0 aromatic heterocycles. The number of aromatic hydroxyl groups is 3. The predicted molar refractivity (Wildman–Crippen MR) is 66.3 cm³/mol. The van der Waals surface area contributed by atoms with Gasteiger partial charge in [0.15, 0.2) is 0 Å². The van der Waals surface area contributed by atoms with Gasteiger partial charge in [0, 0.05) is 5.56 Å². The minimum Gasteiger partial charge on any atom is -0.507 e. The summed E-state index contributed by atoms with van der Waals surface area (Å²) in [5, 5.41) is 29.6. The second kappa shape index (κ2) is 4.01. The Kier molecular flexibility index (Phi) is 2.68. The molecule has 2 aromatic carbocycles. The fraction of sp³-hybridized carbons (Fsp3) is 0.143. The van der Waals surface area contributed by atoms with Crippen molar-refractivity contribution in [2.75, 3.05) is 0 Å². The summed E-state index contributed by atoms with van der Waals surface area (Å²) >= 11 is 0. The minimum atomic E-state index is -0.0523. The summed E-state index contributed by atoms with van der Waals surface area (Å²) in [6, 6.07) is 8.03. The maximum absolute atomic E-state index is 10.1. The van der Waals surface area contributed by atoms with Gasteiger partial charge in [-0.1, -0.05) is 18.2 Å². The molecule has 0 heterocycles. The molecular formula is C14H14O3. The first-order chi connectivity index (χ1) is 8.02. The van der Waals surface area contributed by atoms with E-state index in [9.17, 15) is 15.3 Å². The normalized spacial score (nSPS) is 10.5. The Morgan fingerprint density at radius 2 is 1.41 bits per heavy atom. The molecule has 2 rings (SSSR count). The van der Waals surface area contributed by atoms with Crippen LogP contribution in [-0.4, -0.2) is 15.3 Å². The quantitative estimate of drug-likeness (QED) is 0.705. The molecule has 3 nitrogen and oxygen atoms in total. The maximum atomic E-state index is 10.1. The summed E-state index contributed by atoms with van der Waals surface area (Å²) in [6.45, 7) is 3.69. The van der Waals surface area contributed by atoms with Crippen LogP contribution < -0.4 is 0 Å². The van der Waals surface area contributed by atoms with Gasteiger partial charge in [-0.15, -0.1) is 0 Å². The van der Waals surface area contributed by atoms with Crippen LogP contribution >= 0.6 is 0 Å². The molecule has 0 aliphatic rings. The Bertz CT molecular complexity index is 554. The van der Waals surface area contributed by atoms with E-state index in [1.807, 2.05) is 13.0 Å². The molecule has 0 saturated heterocycles. The van der Waals surface area contributed by atoms with Crippen LogP contribution in [-0.2, 0) is 0 Å². The highest BCUT2D eigenvalue weighted by molar-refractivity contribution is 5.81. The summed E-state index contributed by atoms with van der Waals surface area (Å²) in [6.07, 6.45) is 0. The summed E-state index contributed by atoms with van der Waals surface area (Å²) < 4.78 is 0. The highest BCUT2D eigenvalue weighted by Crippen LogP contribution is 2.42. The largest absolute Gasteiger partial charge is 0.507 e. The number of rotatable bonds is 1. The summed E-state index contributed by atoms with van der Waals surface area (Å²) in [4.78, 5) is 0. The third-order valence-electron chi connectivity index (χ3n) is 2.99. The van der Waals surface area contributed by atoms with E-state index in [4.69, 9.17) is 0 Å². The van der Waals surface area contributed by atoms with Gasteiger partial charge in [0.25, 0.3) is 0 Å². The van der Waals surface area contributed by atoms with Crippen LogP contribution in [0.3, 0.4) is 0 Å². The average Bonchev–Trinajstić information content (AvgIpc) is 2.29. The molecule has 0 spiro atoms. The van der Waals surface area contributed by atoms with Gasteiger partial charge >= 0.3 is 0 Å². The zero-order valence-corrected chi connectivity index (χ0v) is 9.73. The van der Waals surface area contributed by atoms with Crippen LogP contribution in [0.1, 0.15) is 11.1 Å². The van der Waals surface area contributed by atoms with Crippen molar-refractivity contribution < 1.29 is 15.3 Å². The van der Waals surface area contributed by atoms with E-state index in [0.717, 1.165) is 11.1 Å². The number of aryl methyl sites for hydroxylation is 1. The molecule has 0 atom stereocenters. The Labute approximate surface area is 99.6 Å². The van der Waals surface area contributed by atoms with Gasteiger partial charge < -0.3 is 15.3 Å². The smallest absolute Gasteiger partial charge is 0.127 e. The van der Waals surface area contributed by atoms with Crippen molar-refractivity contribution in [1.29, 1.82) is 0 Å². The highest BCUT2D eigenvalue weighted by atomic mass is 16.3. The van der Waals surface area contributed by atoms with Gasteiger partial charge in [0.05, 0.1) is 5.56 Å². The topological polar surface area (TPSA) is 60.7 Å². The van der Waals surface area contributed by atoms with Crippen LogP contribution in [0.15, 0.2) is 30.3 Å². The number of hydrogen-bond donors (Lipinski definition) is 3. The average molecular weight is 230 g/mol. The van der Waals surface area contributed by atoms with E-state index in [1.165, 1.54) is 12.1 Å². The molecule has 3 heteroatoms. The fourth-order valence-electron chi connectivity index (χ4n) is 1.81. The first-order valence-electron chi connectivity index (χ1n) is 5.33. The van der Waals surface area contributed by atoms with Crippen molar-refractivity contribution in [2.24, 2.45) is 0 Å². The molecule has 0 unspecified atom stereocenters. The van der Waals surface area contributed by atoms with E-state index in [1.54, 1.807) is 19.1 Å². The van der Waals surface area contributed by atoms with Crippen molar-refractivity contribution in [3.8, 4) is 28.4 Å². The van der Waals surface area contributed by atoms with E-state index < -0.39 is 0 Å². The highest BCUT2D eigenvalue weighted by Gasteiger charge is 2.15. The molecule has 0 aliphatic heterocycles. The van der Waals surface area contributed by atoms with Crippen molar-refractivity contribution in [1.82, 2.24) is 0 Å². The maximum Gasteiger partial charge on any atom is 0.127 e. The number of hydrogen-bond acceptors (Lipinski definition) is 3. The summed E-state index contributed by atoms with van der Waals surface area (Å²) in [5.74, 6) is -0.0195. The monoisotopic (exact) mass is 230 g/mol. The van der Waals surface area contributed by atoms with E-state index in [0.29, 0.717) is 5.56 Å². The van der Waals surface area contributed by atoms with Crippen molar-refractivity contribution in [3.63, 3.8) is 0 Å². The minimum absolute atomic E-state index is 0.0523. The van der Waals surface area contributed by atoms with Crippen LogP contribution in [0.4, 0.5) is 0 Å². The van der Waals surface area contributed by atoms with Gasteiger partial charge in [-0.2, -0.15) is 0 Å². The van der Waals surface area contributed by atoms with Gasteiger partial charge in [-0.25, -0.2) is 0 Å². The molecule has 0 aliphatic carbocycles. The van der Waals surface area contributed by atoms with Gasteiger partial charge in [0.2, 0.25) is 0 Å². The van der Waals surface area contributed by atoms with Crippen LogP contribution in [0.2, 0.25) is 0 Å². The molecule has 2 aromatic rings. The van der Waals surface area contributed by atoms with Crippen LogP contribution in [0, 0.1) is 13.8 Å². The molecule has 17 heavy (non-hydrogen) atoms. The second-order valence-electron chi connectivity index (χ2n) is 4.07. The molecule has 0 radical (unpaired) electrons. The lowest BCUT2D eigenvalue weighted by molar-refractivity contribution is 0.449. The zero-order chi connectivity index (χ0) is 12.6.